The minimum atomic E-state index is 0.113. The van der Waals surface area contributed by atoms with Crippen LogP contribution in [0, 0.1) is 0 Å². The lowest BCUT2D eigenvalue weighted by molar-refractivity contribution is -0.132. The molecule has 3 aliphatic rings. The van der Waals surface area contributed by atoms with Gasteiger partial charge in [-0.15, -0.1) is 0 Å². The normalized spacial score (nSPS) is 23.2. The highest BCUT2D eigenvalue weighted by atomic mass is 16.2. The van der Waals surface area contributed by atoms with Crippen molar-refractivity contribution in [2.24, 2.45) is 5.10 Å². The first-order valence-electron chi connectivity index (χ1n) is 9.55. The fourth-order valence-electron chi connectivity index (χ4n) is 3.66. The van der Waals surface area contributed by atoms with Crippen LogP contribution in [0.4, 0.5) is 0 Å². The molecule has 0 aromatic rings. The number of hydrogen-bond acceptors (Lipinski definition) is 3. The number of likely N-dealkylation sites (tertiary alicyclic amines) is 1. The Morgan fingerprint density at radius 2 is 2.19 bits per heavy atom. The zero-order valence-corrected chi connectivity index (χ0v) is 15.9. The van der Waals surface area contributed by atoms with Gasteiger partial charge in [0.2, 0.25) is 5.91 Å². The summed E-state index contributed by atoms with van der Waals surface area (Å²) in [6.07, 6.45) is 15.9. The highest BCUT2D eigenvalue weighted by Crippen LogP contribution is 2.24. The van der Waals surface area contributed by atoms with Gasteiger partial charge in [0.05, 0.1) is 23.9 Å². The van der Waals surface area contributed by atoms with E-state index in [2.05, 4.69) is 48.3 Å². The third-order valence-corrected chi connectivity index (χ3v) is 5.24. The van der Waals surface area contributed by atoms with Crippen LogP contribution in [0.5, 0.6) is 0 Å². The maximum absolute atomic E-state index is 13.0. The van der Waals surface area contributed by atoms with Crippen LogP contribution in [0.15, 0.2) is 64.5 Å². The van der Waals surface area contributed by atoms with Crippen LogP contribution in [-0.2, 0) is 4.79 Å². The van der Waals surface area contributed by atoms with Crippen molar-refractivity contribution in [3.8, 4) is 0 Å². The quantitative estimate of drug-likeness (QED) is 0.816. The molecule has 26 heavy (non-hydrogen) atoms. The van der Waals surface area contributed by atoms with Crippen LogP contribution in [0.1, 0.15) is 52.4 Å². The Kier molecular flexibility index (Phi) is 5.92. The first-order valence-corrected chi connectivity index (χ1v) is 9.55. The molecular weight excluding hydrogens is 322 g/mol. The second-order valence-electron chi connectivity index (χ2n) is 7.45. The fourth-order valence-corrected chi connectivity index (χ4v) is 3.66. The summed E-state index contributed by atoms with van der Waals surface area (Å²) in [5.41, 5.74) is 8.57. The van der Waals surface area contributed by atoms with E-state index in [1.54, 1.807) is 0 Å². The molecule has 1 N–H and O–H groups in total. The van der Waals surface area contributed by atoms with Gasteiger partial charge in [-0.05, 0) is 50.7 Å². The molecule has 3 rings (SSSR count). The maximum Gasteiger partial charge on any atom is 0.227 e. The van der Waals surface area contributed by atoms with Crippen molar-refractivity contribution in [3.63, 3.8) is 0 Å². The average Bonchev–Trinajstić information content (AvgIpc) is 2.86. The van der Waals surface area contributed by atoms with Gasteiger partial charge in [-0.25, -0.2) is 0 Å². The van der Waals surface area contributed by atoms with E-state index in [0.717, 1.165) is 61.2 Å². The molecule has 0 aromatic heterocycles. The van der Waals surface area contributed by atoms with Crippen molar-refractivity contribution in [2.45, 2.75) is 58.4 Å². The number of hydrogen-bond donors (Lipinski definition) is 1. The molecule has 0 aromatic carbocycles. The van der Waals surface area contributed by atoms with E-state index < -0.39 is 0 Å². The second-order valence-corrected chi connectivity index (χ2v) is 7.45. The van der Waals surface area contributed by atoms with E-state index in [0.29, 0.717) is 6.42 Å². The van der Waals surface area contributed by atoms with Crippen molar-refractivity contribution in [2.75, 3.05) is 6.54 Å². The Morgan fingerprint density at radius 1 is 1.35 bits per heavy atom. The highest BCUT2D eigenvalue weighted by Gasteiger charge is 2.31. The number of rotatable bonds is 4. The third-order valence-electron chi connectivity index (χ3n) is 5.24. The summed E-state index contributed by atoms with van der Waals surface area (Å²) in [4.78, 5) is 15.1. The number of carbonyl (C=O) groups is 1. The molecule has 2 heterocycles. The van der Waals surface area contributed by atoms with Gasteiger partial charge in [0.25, 0.3) is 0 Å². The van der Waals surface area contributed by atoms with Crippen LogP contribution in [0.25, 0.3) is 0 Å². The van der Waals surface area contributed by atoms with E-state index >= 15 is 0 Å². The monoisotopic (exact) mass is 351 g/mol. The summed E-state index contributed by atoms with van der Waals surface area (Å²) >= 11 is 0. The van der Waals surface area contributed by atoms with Crippen LogP contribution in [0.3, 0.4) is 0 Å². The fraction of sp³-hybridized carbons (Fsp3) is 0.455. The Bertz CT molecular complexity index is 736. The van der Waals surface area contributed by atoms with Gasteiger partial charge in [0.15, 0.2) is 0 Å². The van der Waals surface area contributed by atoms with E-state index in [4.69, 9.17) is 0 Å². The lowest BCUT2D eigenvalue weighted by atomic mass is 9.94. The number of nitrogens with zero attached hydrogens (tertiary/aromatic N) is 2. The molecule has 138 valence electrons. The van der Waals surface area contributed by atoms with E-state index in [1.165, 1.54) is 5.57 Å². The Labute approximate surface area is 156 Å². The zero-order chi connectivity index (χ0) is 18.5. The summed E-state index contributed by atoms with van der Waals surface area (Å²) in [5.74, 6) is 0.211. The second kappa shape index (κ2) is 8.35. The first kappa shape index (κ1) is 18.4. The number of hydrazone groups is 1. The number of piperidine rings is 1. The Morgan fingerprint density at radius 3 is 2.92 bits per heavy atom. The molecule has 0 spiro atoms. The van der Waals surface area contributed by atoms with Crippen molar-refractivity contribution in [1.82, 2.24) is 10.3 Å². The minimum absolute atomic E-state index is 0.113. The summed E-state index contributed by atoms with van der Waals surface area (Å²) in [5, 5.41) is 4.57. The zero-order valence-electron chi connectivity index (χ0n) is 15.9. The Balaban J connectivity index is 1.67. The van der Waals surface area contributed by atoms with Gasteiger partial charge >= 0.3 is 0 Å². The minimum Gasteiger partial charge on any atom is -0.334 e. The highest BCUT2D eigenvalue weighted by molar-refractivity contribution is 5.95. The van der Waals surface area contributed by atoms with Crippen molar-refractivity contribution in [3.05, 3.63) is 59.4 Å². The van der Waals surface area contributed by atoms with Crippen LogP contribution < -0.4 is 5.43 Å². The molecule has 4 nitrogen and oxygen atoms in total. The molecule has 0 radical (unpaired) electrons. The van der Waals surface area contributed by atoms with Gasteiger partial charge in [0, 0.05) is 13.0 Å². The number of nitrogens with one attached hydrogen (secondary N) is 1. The van der Waals surface area contributed by atoms with Gasteiger partial charge in [-0.3, -0.25) is 10.2 Å². The standard InChI is InChI=1S/C22H29N3O/c1-16(2)19-12-13-20(24-23-19)21-9-4-5-14-25(21)22(26)15-18-8-6-7-17(3)10-11-18/h6-8,11-12,21,23H,1,4-5,9-10,13-15H2,2-3H3. The molecule has 4 heteroatoms. The molecule has 2 aliphatic heterocycles. The molecule has 1 saturated heterocycles. The van der Waals surface area contributed by atoms with Crippen molar-refractivity contribution >= 4 is 11.6 Å². The molecule has 0 saturated carbocycles. The molecule has 1 atom stereocenters. The maximum atomic E-state index is 13.0. The van der Waals surface area contributed by atoms with Gasteiger partial charge in [-0.1, -0.05) is 42.5 Å². The summed E-state index contributed by atoms with van der Waals surface area (Å²) < 4.78 is 0. The van der Waals surface area contributed by atoms with Crippen molar-refractivity contribution < 1.29 is 4.79 Å². The van der Waals surface area contributed by atoms with Gasteiger partial charge in [0.1, 0.15) is 0 Å². The van der Waals surface area contributed by atoms with E-state index in [1.807, 2.05) is 17.9 Å². The number of allylic oxidation sites excluding steroid dienone is 7. The smallest absolute Gasteiger partial charge is 0.227 e. The molecule has 1 amide bonds. The molecule has 1 unspecified atom stereocenters. The third kappa shape index (κ3) is 4.43. The summed E-state index contributed by atoms with van der Waals surface area (Å²) in [7, 11) is 0. The predicted molar refractivity (Wildman–Crippen MR) is 108 cm³/mol. The molecular formula is C22H29N3O. The topological polar surface area (TPSA) is 44.7 Å². The Hall–Kier alpha value is -2.36. The predicted octanol–water partition coefficient (Wildman–Crippen LogP) is 4.40. The summed E-state index contributed by atoms with van der Waals surface area (Å²) in [6, 6.07) is 0.113. The van der Waals surface area contributed by atoms with Gasteiger partial charge < -0.3 is 4.90 Å². The largest absolute Gasteiger partial charge is 0.334 e. The number of carbonyl (C=O) groups excluding carboxylic acids is 1. The van der Waals surface area contributed by atoms with E-state index in [-0.39, 0.29) is 11.9 Å². The van der Waals surface area contributed by atoms with Crippen molar-refractivity contribution in [1.29, 1.82) is 0 Å². The van der Waals surface area contributed by atoms with Crippen LogP contribution >= 0.6 is 0 Å². The summed E-state index contributed by atoms with van der Waals surface area (Å²) in [6.45, 7) is 8.87. The SMILES string of the molecule is C=C(C)C1=CCC(C2CCCCN2C(=O)CC2=CCC(C)=CC=C2)=NN1. The van der Waals surface area contributed by atoms with Crippen LogP contribution in [0.2, 0.25) is 0 Å². The number of amides is 1. The van der Waals surface area contributed by atoms with Gasteiger partial charge in [-0.2, -0.15) is 5.10 Å². The molecule has 0 bridgehead atoms. The molecule has 1 fully saturated rings. The van der Waals surface area contributed by atoms with E-state index in [9.17, 15) is 4.79 Å². The lowest BCUT2D eigenvalue weighted by Gasteiger charge is -2.37. The molecule has 1 aliphatic carbocycles. The van der Waals surface area contributed by atoms with Crippen LogP contribution in [-0.4, -0.2) is 29.1 Å². The first-order chi connectivity index (χ1) is 12.5. The lowest BCUT2D eigenvalue weighted by Crippen LogP contribution is -2.48. The average molecular weight is 351 g/mol.